The van der Waals surface area contributed by atoms with Gasteiger partial charge in [-0.15, -0.1) is 0 Å². The molecule has 0 heterocycles. The Bertz CT molecular complexity index is 1040. The van der Waals surface area contributed by atoms with E-state index in [-0.39, 0.29) is 18.2 Å². The normalized spacial score (nSPS) is 11.1. The van der Waals surface area contributed by atoms with Crippen molar-refractivity contribution in [3.05, 3.63) is 67.5 Å². The molecule has 0 radical (unpaired) electrons. The van der Waals surface area contributed by atoms with E-state index in [0.717, 1.165) is 16.5 Å². The van der Waals surface area contributed by atoms with Crippen LogP contribution in [0, 0.1) is 0 Å². The van der Waals surface area contributed by atoms with Gasteiger partial charge in [-0.25, -0.2) is 5.43 Å². The number of nitrogens with one attached hydrogen (secondary N) is 2. The Morgan fingerprint density at radius 2 is 1.78 bits per heavy atom. The van der Waals surface area contributed by atoms with Gasteiger partial charge in [-0.3, -0.25) is 4.79 Å². The summed E-state index contributed by atoms with van der Waals surface area (Å²) in [6.45, 7) is 0.0869. The Balaban J connectivity index is 1.59. The molecule has 0 saturated carbocycles. The first-order valence-corrected chi connectivity index (χ1v) is 10.2. The molecule has 0 fully saturated rings. The number of carbonyl (C=O) groups is 1. The number of aromatic hydroxyl groups is 1. The van der Waals surface area contributed by atoms with Crippen LogP contribution in [-0.4, -0.2) is 23.8 Å². The van der Waals surface area contributed by atoms with Crippen LogP contribution < -0.4 is 10.7 Å². The van der Waals surface area contributed by atoms with E-state index in [1.165, 1.54) is 6.21 Å². The van der Waals surface area contributed by atoms with Crippen LogP contribution in [0.1, 0.15) is 5.56 Å². The molecule has 3 N–H and O–H groups in total. The van der Waals surface area contributed by atoms with E-state index in [9.17, 15) is 9.90 Å². The predicted octanol–water partition coefficient (Wildman–Crippen LogP) is 5.40. The zero-order chi connectivity index (χ0) is 19.4. The second-order valence-corrected chi connectivity index (χ2v) is 8.13. The molecule has 3 aromatic carbocycles. The molecule has 0 saturated heterocycles. The second-order valence-electron chi connectivity index (χ2n) is 5.63. The van der Waals surface area contributed by atoms with E-state index in [1.807, 2.05) is 42.5 Å². The summed E-state index contributed by atoms with van der Waals surface area (Å²) in [6, 6.07) is 15.6. The smallest absolute Gasteiger partial charge is 0.259 e. The number of nitrogens with zero attached hydrogens (tertiary/aromatic N) is 1. The summed E-state index contributed by atoms with van der Waals surface area (Å²) in [4.78, 5) is 12.0. The number of benzene rings is 3. The zero-order valence-electron chi connectivity index (χ0n) is 13.8. The van der Waals surface area contributed by atoms with Crippen molar-refractivity contribution in [2.75, 3.05) is 11.9 Å². The molecule has 0 aliphatic heterocycles. The predicted molar refractivity (Wildman–Crippen MR) is 119 cm³/mol. The fraction of sp³-hybridized carbons (Fsp3) is 0.0526. The van der Waals surface area contributed by atoms with Crippen molar-refractivity contribution >= 4 is 76.4 Å². The Morgan fingerprint density at radius 3 is 2.56 bits per heavy atom. The molecule has 8 heteroatoms. The van der Waals surface area contributed by atoms with Crippen LogP contribution in [0.2, 0.25) is 0 Å². The minimum absolute atomic E-state index is 0.0592. The highest BCUT2D eigenvalue weighted by molar-refractivity contribution is 9.11. The van der Waals surface area contributed by atoms with Gasteiger partial charge in [0.2, 0.25) is 0 Å². The van der Waals surface area contributed by atoms with Gasteiger partial charge in [-0.05, 0) is 60.8 Å². The minimum Gasteiger partial charge on any atom is -0.506 e. The van der Waals surface area contributed by atoms with Crippen molar-refractivity contribution < 1.29 is 9.90 Å². The molecular weight excluding hydrogens is 542 g/mol. The van der Waals surface area contributed by atoms with Gasteiger partial charge in [-0.2, -0.15) is 5.10 Å². The van der Waals surface area contributed by atoms with Crippen molar-refractivity contribution in [2.24, 2.45) is 5.10 Å². The Kier molecular flexibility index (Phi) is 6.51. The molecule has 0 spiro atoms. The zero-order valence-corrected chi connectivity index (χ0v) is 18.6. The SMILES string of the molecule is O=C(CNc1ccc2ccccc2c1)NN=Cc1c(Br)cc(Br)c(O)c1Br. The second kappa shape index (κ2) is 8.86. The fourth-order valence-corrected chi connectivity index (χ4v) is 4.73. The number of halogens is 3. The maximum absolute atomic E-state index is 12.0. The van der Waals surface area contributed by atoms with Crippen molar-refractivity contribution in [3.8, 4) is 5.75 Å². The van der Waals surface area contributed by atoms with Gasteiger partial charge in [0, 0.05) is 15.7 Å². The van der Waals surface area contributed by atoms with Gasteiger partial charge in [-0.1, -0.05) is 46.3 Å². The first kappa shape index (κ1) is 19.9. The molecular formula is C19H14Br3N3O2. The van der Waals surface area contributed by atoms with Crippen LogP contribution in [0.3, 0.4) is 0 Å². The number of fused-ring (bicyclic) bond motifs is 1. The Labute approximate surface area is 181 Å². The summed E-state index contributed by atoms with van der Waals surface area (Å²) in [7, 11) is 0. The molecule has 0 unspecified atom stereocenters. The lowest BCUT2D eigenvalue weighted by atomic mass is 10.1. The van der Waals surface area contributed by atoms with Crippen LogP contribution in [0.4, 0.5) is 5.69 Å². The third-order valence-corrected chi connectivity index (χ3v) is 5.83. The average Bonchev–Trinajstić information content (AvgIpc) is 2.67. The third kappa shape index (κ3) is 4.88. The Hall–Kier alpha value is -1.90. The van der Waals surface area contributed by atoms with Crippen molar-refractivity contribution in [1.29, 1.82) is 0 Å². The fourth-order valence-electron chi connectivity index (χ4n) is 2.40. The molecule has 0 aliphatic carbocycles. The van der Waals surface area contributed by atoms with E-state index >= 15 is 0 Å². The molecule has 3 aromatic rings. The van der Waals surface area contributed by atoms with Gasteiger partial charge < -0.3 is 10.4 Å². The summed E-state index contributed by atoms with van der Waals surface area (Å²) in [6.07, 6.45) is 1.45. The summed E-state index contributed by atoms with van der Waals surface area (Å²) >= 11 is 9.94. The van der Waals surface area contributed by atoms with Crippen LogP contribution in [0.5, 0.6) is 5.75 Å². The van der Waals surface area contributed by atoms with Crippen LogP contribution in [0.25, 0.3) is 10.8 Å². The van der Waals surface area contributed by atoms with Crippen LogP contribution >= 0.6 is 47.8 Å². The maximum atomic E-state index is 12.0. The number of anilines is 1. The van der Waals surface area contributed by atoms with Crippen molar-refractivity contribution in [3.63, 3.8) is 0 Å². The standard InChI is InChI=1S/C19H14Br3N3O2/c20-15-8-16(21)19(27)18(22)14(15)9-24-25-17(26)10-23-13-6-5-11-3-1-2-4-12(11)7-13/h1-9,23,27H,10H2,(H,25,26). The molecule has 0 aromatic heterocycles. The summed E-state index contributed by atoms with van der Waals surface area (Å²) < 4.78 is 1.73. The Morgan fingerprint density at radius 1 is 1.04 bits per heavy atom. The third-order valence-electron chi connectivity index (χ3n) is 3.77. The highest BCUT2D eigenvalue weighted by Crippen LogP contribution is 2.38. The molecule has 3 rings (SSSR count). The van der Waals surface area contributed by atoms with Crippen molar-refractivity contribution in [2.45, 2.75) is 0 Å². The summed E-state index contributed by atoms with van der Waals surface area (Å²) in [5.41, 5.74) is 3.93. The number of phenols is 1. The number of hydrogen-bond donors (Lipinski definition) is 3. The number of phenolic OH excluding ortho intramolecular Hbond substituents is 1. The monoisotopic (exact) mass is 553 g/mol. The number of hydrogen-bond acceptors (Lipinski definition) is 4. The highest BCUT2D eigenvalue weighted by atomic mass is 79.9. The number of hydrazone groups is 1. The molecule has 5 nitrogen and oxygen atoms in total. The van der Waals surface area contributed by atoms with Crippen molar-refractivity contribution in [1.82, 2.24) is 5.43 Å². The average molecular weight is 556 g/mol. The van der Waals surface area contributed by atoms with E-state index in [0.29, 0.717) is 19.0 Å². The molecule has 27 heavy (non-hydrogen) atoms. The van der Waals surface area contributed by atoms with Gasteiger partial charge in [0.1, 0.15) is 5.75 Å². The number of amides is 1. The minimum atomic E-state index is -0.284. The quantitative estimate of drug-likeness (QED) is 0.292. The first-order valence-electron chi connectivity index (χ1n) is 7.86. The largest absolute Gasteiger partial charge is 0.506 e. The molecule has 1 amide bonds. The number of carbonyl (C=O) groups excluding carboxylic acids is 1. The topological polar surface area (TPSA) is 73.7 Å². The maximum Gasteiger partial charge on any atom is 0.259 e. The lowest BCUT2D eigenvalue weighted by molar-refractivity contribution is -0.119. The summed E-state index contributed by atoms with van der Waals surface area (Å²) in [5, 5.41) is 19.2. The molecule has 138 valence electrons. The molecule has 0 atom stereocenters. The van der Waals surface area contributed by atoms with Crippen LogP contribution in [-0.2, 0) is 4.79 Å². The lowest BCUT2D eigenvalue weighted by Gasteiger charge is -2.08. The van der Waals surface area contributed by atoms with Gasteiger partial charge in [0.05, 0.1) is 21.7 Å². The summed E-state index contributed by atoms with van der Waals surface area (Å²) in [5.74, 6) is -0.225. The van der Waals surface area contributed by atoms with Gasteiger partial charge in [0.15, 0.2) is 0 Å². The van der Waals surface area contributed by atoms with Crippen LogP contribution in [0.15, 0.2) is 67.1 Å². The lowest BCUT2D eigenvalue weighted by Crippen LogP contribution is -2.25. The van der Waals surface area contributed by atoms with E-state index < -0.39 is 0 Å². The van der Waals surface area contributed by atoms with Gasteiger partial charge >= 0.3 is 0 Å². The van der Waals surface area contributed by atoms with E-state index in [4.69, 9.17) is 0 Å². The molecule has 0 bridgehead atoms. The highest BCUT2D eigenvalue weighted by Gasteiger charge is 2.12. The van der Waals surface area contributed by atoms with E-state index in [2.05, 4.69) is 63.6 Å². The molecule has 0 aliphatic rings. The van der Waals surface area contributed by atoms with Gasteiger partial charge in [0.25, 0.3) is 5.91 Å². The first-order chi connectivity index (χ1) is 13.0. The number of rotatable bonds is 5. The van der Waals surface area contributed by atoms with E-state index in [1.54, 1.807) is 6.07 Å².